The summed E-state index contributed by atoms with van der Waals surface area (Å²) in [5, 5.41) is 0. The van der Waals surface area contributed by atoms with Crippen LogP contribution >= 0.6 is 0 Å². The number of hydrogen-bond donors (Lipinski definition) is 1. The number of aryl methyl sites for hydroxylation is 1. The quantitative estimate of drug-likeness (QED) is 0.511. The van der Waals surface area contributed by atoms with E-state index in [0.29, 0.717) is 35.3 Å². The third-order valence-corrected chi connectivity index (χ3v) is 6.03. The summed E-state index contributed by atoms with van der Waals surface area (Å²) in [5.74, 6) is 1.48. The molecule has 2 N–H and O–H groups in total. The van der Waals surface area contributed by atoms with Crippen LogP contribution in [0.15, 0.2) is 54.6 Å². The zero-order chi connectivity index (χ0) is 25.7. The van der Waals surface area contributed by atoms with Gasteiger partial charge in [-0.2, -0.15) is 4.98 Å². The van der Waals surface area contributed by atoms with Crippen molar-refractivity contribution in [2.24, 2.45) is 5.73 Å². The molecule has 0 bridgehead atoms. The Morgan fingerprint density at radius 1 is 1.06 bits per heavy atom. The molecular formula is C27H31N5O4. The number of primary amides is 1. The van der Waals surface area contributed by atoms with Gasteiger partial charge in [-0.25, -0.2) is 4.98 Å². The van der Waals surface area contributed by atoms with Gasteiger partial charge in [-0.05, 0) is 62.6 Å². The predicted molar refractivity (Wildman–Crippen MR) is 136 cm³/mol. The molecule has 1 aliphatic rings. The molecule has 2 heterocycles. The van der Waals surface area contributed by atoms with Gasteiger partial charge in [-0.3, -0.25) is 9.59 Å². The first-order valence-corrected chi connectivity index (χ1v) is 11.9. The minimum Gasteiger partial charge on any atom is -0.484 e. The fourth-order valence-corrected chi connectivity index (χ4v) is 4.15. The molecule has 1 aromatic heterocycles. The monoisotopic (exact) mass is 489 g/mol. The first-order chi connectivity index (χ1) is 17.3. The van der Waals surface area contributed by atoms with Crippen LogP contribution in [0.2, 0.25) is 0 Å². The van der Waals surface area contributed by atoms with E-state index in [9.17, 15) is 9.59 Å². The SMILES string of the molecule is Cc1cc(Oc2ccc(C(N)=O)cc2)nc([C@H]2CCCCN2C(=O)COc2cccc(N(C)C)c2)n1. The maximum absolute atomic E-state index is 13.2. The van der Waals surface area contributed by atoms with Crippen molar-refractivity contribution in [1.82, 2.24) is 14.9 Å². The molecule has 3 aromatic rings. The number of aromatic nitrogens is 2. The first kappa shape index (κ1) is 25.0. The molecular weight excluding hydrogens is 458 g/mol. The Morgan fingerprint density at radius 3 is 2.56 bits per heavy atom. The number of carbonyl (C=O) groups is 2. The number of hydrogen-bond acceptors (Lipinski definition) is 7. The van der Waals surface area contributed by atoms with E-state index in [4.69, 9.17) is 15.2 Å². The summed E-state index contributed by atoms with van der Waals surface area (Å²) in [7, 11) is 3.91. The van der Waals surface area contributed by atoms with Crippen LogP contribution in [0.3, 0.4) is 0 Å². The van der Waals surface area contributed by atoms with E-state index < -0.39 is 5.91 Å². The van der Waals surface area contributed by atoms with Gasteiger partial charge in [0.15, 0.2) is 12.4 Å². The average molecular weight is 490 g/mol. The van der Waals surface area contributed by atoms with Gasteiger partial charge >= 0.3 is 0 Å². The van der Waals surface area contributed by atoms with E-state index in [-0.39, 0.29) is 18.6 Å². The van der Waals surface area contributed by atoms with Crippen molar-refractivity contribution in [3.8, 4) is 17.4 Å². The lowest BCUT2D eigenvalue weighted by atomic mass is 10.0. The van der Waals surface area contributed by atoms with Crippen molar-refractivity contribution in [2.45, 2.75) is 32.2 Å². The highest BCUT2D eigenvalue weighted by molar-refractivity contribution is 5.92. The van der Waals surface area contributed by atoms with Crippen molar-refractivity contribution < 1.29 is 19.1 Å². The van der Waals surface area contributed by atoms with Crippen LogP contribution in [0.4, 0.5) is 5.69 Å². The third-order valence-electron chi connectivity index (χ3n) is 6.03. The Bertz CT molecular complexity index is 1230. The normalized spacial score (nSPS) is 15.3. The number of rotatable bonds is 8. The molecule has 1 saturated heterocycles. The van der Waals surface area contributed by atoms with Crippen LogP contribution in [0.5, 0.6) is 17.4 Å². The molecule has 2 aromatic carbocycles. The maximum Gasteiger partial charge on any atom is 0.261 e. The van der Waals surface area contributed by atoms with Gasteiger partial charge in [0.25, 0.3) is 5.91 Å². The minimum atomic E-state index is -0.502. The predicted octanol–water partition coefficient (Wildman–Crippen LogP) is 3.87. The molecule has 0 radical (unpaired) electrons. The summed E-state index contributed by atoms with van der Waals surface area (Å²) < 4.78 is 11.8. The molecule has 0 spiro atoms. The molecule has 2 amide bonds. The number of nitrogens with two attached hydrogens (primary N) is 1. The van der Waals surface area contributed by atoms with Crippen LogP contribution in [-0.4, -0.2) is 53.9 Å². The van der Waals surface area contributed by atoms with E-state index in [2.05, 4.69) is 9.97 Å². The number of amides is 2. The molecule has 0 aliphatic carbocycles. The number of ether oxygens (including phenoxy) is 2. The number of carbonyl (C=O) groups excluding carboxylic acids is 2. The van der Waals surface area contributed by atoms with E-state index in [1.807, 2.05) is 50.2 Å². The van der Waals surface area contributed by atoms with Crippen LogP contribution in [0, 0.1) is 6.92 Å². The number of piperidine rings is 1. The zero-order valence-corrected chi connectivity index (χ0v) is 20.8. The standard InChI is InChI=1S/C27H31N5O4/c1-18-15-24(36-21-12-10-19(11-13-21)26(28)34)30-27(29-18)23-9-4-5-14-32(23)25(33)17-35-22-8-6-7-20(16-22)31(2)3/h6-8,10-13,15-16,23H,4-5,9,14,17H2,1-3H3,(H2,28,34)/t23-/m1/s1. The number of anilines is 1. The van der Waals surface area contributed by atoms with Gasteiger partial charge in [0.05, 0.1) is 6.04 Å². The lowest BCUT2D eigenvalue weighted by Crippen LogP contribution is -2.41. The zero-order valence-electron chi connectivity index (χ0n) is 20.8. The molecule has 188 valence electrons. The highest BCUT2D eigenvalue weighted by atomic mass is 16.5. The Hall–Kier alpha value is -4.14. The van der Waals surface area contributed by atoms with E-state index in [1.165, 1.54) is 0 Å². The summed E-state index contributed by atoms with van der Waals surface area (Å²) >= 11 is 0. The highest BCUT2D eigenvalue weighted by Gasteiger charge is 2.31. The van der Waals surface area contributed by atoms with E-state index >= 15 is 0 Å². The van der Waals surface area contributed by atoms with Gasteiger partial charge < -0.3 is 25.0 Å². The first-order valence-electron chi connectivity index (χ1n) is 11.9. The summed E-state index contributed by atoms with van der Waals surface area (Å²) in [6, 6.07) is 15.6. The molecule has 9 nitrogen and oxygen atoms in total. The molecule has 9 heteroatoms. The van der Waals surface area contributed by atoms with Gasteiger partial charge in [-0.15, -0.1) is 0 Å². The van der Waals surface area contributed by atoms with Crippen LogP contribution in [0.1, 0.15) is 47.2 Å². The summed E-state index contributed by atoms with van der Waals surface area (Å²) in [5.41, 5.74) is 7.44. The fourth-order valence-electron chi connectivity index (χ4n) is 4.15. The van der Waals surface area contributed by atoms with Gasteiger partial charge in [0, 0.05) is 49.7 Å². The number of likely N-dealkylation sites (tertiary alicyclic amines) is 1. The van der Waals surface area contributed by atoms with Crippen molar-refractivity contribution >= 4 is 17.5 Å². The van der Waals surface area contributed by atoms with Crippen molar-refractivity contribution in [3.05, 3.63) is 71.7 Å². The second-order valence-corrected chi connectivity index (χ2v) is 8.98. The average Bonchev–Trinajstić information content (AvgIpc) is 2.87. The summed E-state index contributed by atoms with van der Waals surface area (Å²) in [6.07, 6.45) is 2.65. The van der Waals surface area contributed by atoms with E-state index in [0.717, 1.165) is 30.6 Å². The molecule has 4 rings (SSSR count). The largest absolute Gasteiger partial charge is 0.484 e. The molecule has 36 heavy (non-hydrogen) atoms. The van der Waals surface area contributed by atoms with Crippen molar-refractivity contribution in [1.29, 1.82) is 0 Å². The Kier molecular flexibility index (Phi) is 7.68. The second-order valence-electron chi connectivity index (χ2n) is 8.98. The third kappa shape index (κ3) is 6.10. The Labute approximate surface area is 210 Å². The van der Waals surface area contributed by atoms with Crippen LogP contribution in [-0.2, 0) is 4.79 Å². The minimum absolute atomic E-state index is 0.0607. The molecule has 1 atom stereocenters. The highest BCUT2D eigenvalue weighted by Crippen LogP contribution is 2.31. The number of nitrogens with zero attached hydrogens (tertiary/aromatic N) is 4. The van der Waals surface area contributed by atoms with Crippen LogP contribution in [0.25, 0.3) is 0 Å². The van der Waals surface area contributed by atoms with Crippen LogP contribution < -0.4 is 20.1 Å². The van der Waals surface area contributed by atoms with Crippen molar-refractivity contribution in [3.63, 3.8) is 0 Å². The lowest BCUT2D eigenvalue weighted by molar-refractivity contribution is -0.137. The molecule has 1 fully saturated rings. The maximum atomic E-state index is 13.2. The van der Waals surface area contributed by atoms with Crippen molar-refractivity contribution in [2.75, 3.05) is 32.1 Å². The molecule has 1 aliphatic heterocycles. The van der Waals surface area contributed by atoms with Gasteiger partial charge in [0.2, 0.25) is 11.8 Å². The summed E-state index contributed by atoms with van der Waals surface area (Å²) in [4.78, 5) is 37.5. The molecule has 0 saturated carbocycles. The Balaban J connectivity index is 1.48. The second kappa shape index (κ2) is 11.1. The summed E-state index contributed by atoms with van der Waals surface area (Å²) in [6.45, 7) is 2.42. The van der Waals surface area contributed by atoms with Gasteiger partial charge in [-0.1, -0.05) is 6.07 Å². The fraction of sp³-hybridized carbons (Fsp3) is 0.333. The smallest absolute Gasteiger partial charge is 0.261 e. The topological polar surface area (TPSA) is 111 Å². The van der Waals surface area contributed by atoms with E-state index in [1.54, 1.807) is 35.2 Å². The lowest BCUT2D eigenvalue weighted by Gasteiger charge is -2.34. The molecule has 0 unspecified atom stereocenters. The Morgan fingerprint density at radius 2 is 1.83 bits per heavy atom. The number of benzene rings is 2. The van der Waals surface area contributed by atoms with Gasteiger partial charge in [0.1, 0.15) is 11.5 Å².